The Bertz CT molecular complexity index is 801. The fraction of sp³-hybridized carbons (Fsp3) is 0.333. The number of pyridine rings is 1. The summed E-state index contributed by atoms with van der Waals surface area (Å²) in [5, 5.41) is 2.85. The van der Waals surface area contributed by atoms with Gasteiger partial charge < -0.3 is 5.32 Å². The minimum absolute atomic E-state index is 0.253. The molecule has 1 aromatic carbocycles. The van der Waals surface area contributed by atoms with Gasteiger partial charge in [0, 0.05) is 19.3 Å². The Morgan fingerprint density at radius 1 is 1.12 bits per heavy atom. The lowest BCUT2D eigenvalue weighted by molar-refractivity contribution is 0.0935. The van der Waals surface area contributed by atoms with E-state index >= 15 is 0 Å². The SMILES string of the molecule is CCN(CC)S(=O)(=O)c1ccc([C@@H](C)NC(=O)c2ccccn2)cc1. The maximum Gasteiger partial charge on any atom is 0.270 e. The molecule has 25 heavy (non-hydrogen) atoms. The average molecular weight is 361 g/mol. The van der Waals surface area contributed by atoms with Crippen molar-refractivity contribution in [3.63, 3.8) is 0 Å². The summed E-state index contributed by atoms with van der Waals surface area (Å²) in [5.41, 5.74) is 1.16. The van der Waals surface area contributed by atoms with E-state index in [2.05, 4.69) is 10.3 Å². The van der Waals surface area contributed by atoms with E-state index in [9.17, 15) is 13.2 Å². The van der Waals surface area contributed by atoms with E-state index in [0.717, 1.165) is 5.56 Å². The summed E-state index contributed by atoms with van der Waals surface area (Å²) in [5.74, 6) is -0.270. The second kappa shape index (κ2) is 8.22. The first-order valence-electron chi connectivity index (χ1n) is 8.22. The van der Waals surface area contributed by atoms with Crippen LogP contribution in [0.25, 0.3) is 0 Å². The van der Waals surface area contributed by atoms with Crippen LogP contribution >= 0.6 is 0 Å². The van der Waals surface area contributed by atoms with Gasteiger partial charge in [0.25, 0.3) is 5.91 Å². The van der Waals surface area contributed by atoms with Gasteiger partial charge in [0.1, 0.15) is 5.69 Å². The Labute approximate surface area is 148 Å². The van der Waals surface area contributed by atoms with Gasteiger partial charge in [0.05, 0.1) is 10.9 Å². The molecule has 2 aromatic rings. The van der Waals surface area contributed by atoms with Crippen molar-refractivity contribution in [1.82, 2.24) is 14.6 Å². The van der Waals surface area contributed by atoms with Crippen molar-refractivity contribution in [2.45, 2.75) is 31.7 Å². The van der Waals surface area contributed by atoms with Crippen LogP contribution in [0.1, 0.15) is 42.9 Å². The van der Waals surface area contributed by atoms with Crippen molar-refractivity contribution >= 4 is 15.9 Å². The largest absolute Gasteiger partial charge is 0.344 e. The molecule has 1 heterocycles. The Morgan fingerprint density at radius 3 is 2.28 bits per heavy atom. The molecule has 0 unspecified atom stereocenters. The maximum absolute atomic E-state index is 12.5. The van der Waals surface area contributed by atoms with Crippen molar-refractivity contribution in [2.24, 2.45) is 0 Å². The zero-order chi connectivity index (χ0) is 18.4. The summed E-state index contributed by atoms with van der Waals surface area (Å²) in [6.07, 6.45) is 1.56. The highest BCUT2D eigenvalue weighted by molar-refractivity contribution is 7.89. The normalized spacial score (nSPS) is 12.8. The lowest BCUT2D eigenvalue weighted by Gasteiger charge is -2.19. The molecule has 0 bridgehead atoms. The van der Waals surface area contributed by atoms with Crippen LogP contribution < -0.4 is 5.32 Å². The summed E-state index contributed by atoms with van der Waals surface area (Å²) in [6.45, 7) is 6.32. The van der Waals surface area contributed by atoms with Gasteiger partial charge in [-0.25, -0.2) is 8.42 Å². The maximum atomic E-state index is 12.5. The monoisotopic (exact) mass is 361 g/mol. The molecule has 0 aliphatic rings. The predicted octanol–water partition coefficient (Wildman–Crippen LogP) is 2.60. The fourth-order valence-electron chi connectivity index (χ4n) is 2.49. The molecule has 0 radical (unpaired) electrons. The van der Waals surface area contributed by atoms with Gasteiger partial charge >= 0.3 is 0 Å². The second-order valence-corrected chi connectivity index (χ2v) is 7.51. The molecular weight excluding hydrogens is 338 g/mol. The molecule has 134 valence electrons. The van der Waals surface area contributed by atoms with Gasteiger partial charge in [-0.2, -0.15) is 4.31 Å². The number of hydrogen-bond donors (Lipinski definition) is 1. The standard InChI is InChI=1S/C18H23N3O3S/c1-4-21(5-2)25(23,24)16-11-9-15(10-12-16)14(3)20-18(22)17-8-6-7-13-19-17/h6-14H,4-5H2,1-3H3,(H,20,22)/t14-/m1/s1. The van der Waals surface area contributed by atoms with E-state index in [4.69, 9.17) is 0 Å². The number of hydrogen-bond acceptors (Lipinski definition) is 4. The lowest BCUT2D eigenvalue weighted by Crippen LogP contribution is -2.30. The molecule has 1 aromatic heterocycles. The second-order valence-electron chi connectivity index (χ2n) is 5.57. The van der Waals surface area contributed by atoms with Crippen LogP contribution in [-0.4, -0.2) is 36.7 Å². The summed E-state index contributed by atoms with van der Waals surface area (Å²) >= 11 is 0. The van der Waals surface area contributed by atoms with Crippen molar-refractivity contribution in [3.05, 3.63) is 59.9 Å². The van der Waals surface area contributed by atoms with Crippen LogP contribution in [0.2, 0.25) is 0 Å². The molecule has 0 saturated carbocycles. The van der Waals surface area contributed by atoms with E-state index in [1.54, 1.807) is 48.7 Å². The Kier molecular flexibility index (Phi) is 6.27. The third-order valence-corrected chi connectivity index (χ3v) is 6.03. The number of nitrogens with one attached hydrogen (secondary N) is 1. The predicted molar refractivity (Wildman–Crippen MR) is 96.7 cm³/mol. The average Bonchev–Trinajstić information content (AvgIpc) is 2.63. The quantitative estimate of drug-likeness (QED) is 0.822. The molecule has 1 N–H and O–H groups in total. The first-order valence-corrected chi connectivity index (χ1v) is 9.66. The number of benzene rings is 1. The van der Waals surface area contributed by atoms with Gasteiger partial charge in [-0.05, 0) is 36.8 Å². The fourth-order valence-corrected chi connectivity index (χ4v) is 3.95. The minimum atomic E-state index is -3.47. The molecule has 0 saturated heterocycles. The molecule has 1 amide bonds. The molecule has 0 spiro atoms. The van der Waals surface area contributed by atoms with Crippen molar-refractivity contribution in [2.75, 3.05) is 13.1 Å². The van der Waals surface area contributed by atoms with E-state index in [-0.39, 0.29) is 16.8 Å². The highest BCUT2D eigenvalue weighted by Crippen LogP contribution is 2.19. The van der Waals surface area contributed by atoms with Crippen LogP contribution in [0.4, 0.5) is 0 Å². The van der Waals surface area contributed by atoms with Crippen LogP contribution in [0, 0.1) is 0 Å². The highest BCUT2D eigenvalue weighted by Gasteiger charge is 2.21. The number of nitrogens with zero attached hydrogens (tertiary/aromatic N) is 2. The molecule has 6 nitrogen and oxygen atoms in total. The molecule has 2 rings (SSSR count). The third kappa shape index (κ3) is 4.43. The van der Waals surface area contributed by atoms with Crippen LogP contribution in [0.5, 0.6) is 0 Å². The van der Waals surface area contributed by atoms with E-state index in [1.165, 1.54) is 4.31 Å². The Balaban J connectivity index is 2.13. The van der Waals surface area contributed by atoms with Crippen LogP contribution in [-0.2, 0) is 10.0 Å². The molecular formula is C18H23N3O3S. The Hall–Kier alpha value is -2.25. The van der Waals surface area contributed by atoms with Gasteiger partial charge in [-0.1, -0.05) is 32.0 Å². The van der Waals surface area contributed by atoms with Gasteiger partial charge in [-0.15, -0.1) is 0 Å². The number of carbonyl (C=O) groups excluding carboxylic acids is 1. The molecule has 0 aliphatic carbocycles. The smallest absolute Gasteiger partial charge is 0.270 e. The van der Waals surface area contributed by atoms with Crippen molar-refractivity contribution < 1.29 is 13.2 Å². The van der Waals surface area contributed by atoms with Gasteiger partial charge in [0.2, 0.25) is 10.0 Å². The first kappa shape index (κ1) is 19.1. The van der Waals surface area contributed by atoms with E-state index in [1.807, 2.05) is 20.8 Å². The number of amides is 1. The van der Waals surface area contributed by atoms with E-state index in [0.29, 0.717) is 18.8 Å². The zero-order valence-corrected chi connectivity index (χ0v) is 15.5. The van der Waals surface area contributed by atoms with Crippen molar-refractivity contribution in [1.29, 1.82) is 0 Å². The number of rotatable bonds is 7. The molecule has 7 heteroatoms. The third-order valence-electron chi connectivity index (χ3n) is 3.97. The van der Waals surface area contributed by atoms with Gasteiger partial charge in [0.15, 0.2) is 0 Å². The number of sulfonamides is 1. The van der Waals surface area contributed by atoms with Gasteiger partial charge in [-0.3, -0.25) is 9.78 Å². The van der Waals surface area contributed by atoms with E-state index < -0.39 is 10.0 Å². The highest BCUT2D eigenvalue weighted by atomic mass is 32.2. The molecule has 0 aliphatic heterocycles. The minimum Gasteiger partial charge on any atom is -0.344 e. The lowest BCUT2D eigenvalue weighted by atomic mass is 10.1. The Morgan fingerprint density at radius 2 is 1.76 bits per heavy atom. The summed E-state index contributed by atoms with van der Waals surface area (Å²) in [7, 11) is -3.47. The number of carbonyl (C=O) groups is 1. The first-order chi connectivity index (χ1) is 11.9. The molecule has 1 atom stereocenters. The zero-order valence-electron chi connectivity index (χ0n) is 14.6. The number of aromatic nitrogens is 1. The van der Waals surface area contributed by atoms with Crippen LogP contribution in [0.3, 0.4) is 0 Å². The summed E-state index contributed by atoms with van der Waals surface area (Å²) < 4.78 is 26.4. The summed E-state index contributed by atoms with van der Waals surface area (Å²) in [6, 6.07) is 11.5. The van der Waals surface area contributed by atoms with Crippen molar-refractivity contribution in [3.8, 4) is 0 Å². The molecule has 0 fully saturated rings. The van der Waals surface area contributed by atoms with Crippen LogP contribution in [0.15, 0.2) is 53.6 Å². The summed E-state index contributed by atoms with van der Waals surface area (Å²) in [4.78, 5) is 16.4. The topological polar surface area (TPSA) is 79.4 Å².